The van der Waals surface area contributed by atoms with Crippen molar-refractivity contribution in [3.63, 3.8) is 0 Å². The number of aryl methyl sites for hydroxylation is 2. The summed E-state index contributed by atoms with van der Waals surface area (Å²) >= 11 is 0. The number of hydrogen-bond donors (Lipinski definition) is 1. The average Bonchev–Trinajstić information content (AvgIpc) is 2.87. The van der Waals surface area contributed by atoms with Crippen molar-refractivity contribution in [3.8, 4) is 5.75 Å². The zero-order valence-electron chi connectivity index (χ0n) is 20.3. The van der Waals surface area contributed by atoms with Gasteiger partial charge in [0.25, 0.3) is 15.9 Å². The third-order valence-corrected chi connectivity index (χ3v) is 7.49. The number of ether oxygens (including phenoxy) is 1. The number of nitrogens with zero attached hydrogens (tertiary/aromatic N) is 2. The summed E-state index contributed by atoms with van der Waals surface area (Å²) in [6, 6.07) is 25.3. The number of carbonyl (C=O) groups excluding carboxylic acids is 1. The van der Waals surface area contributed by atoms with E-state index in [0.717, 1.165) is 31.8 Å². The highest BCUT2D eigenvalue weighted by atomic mass is 32.2. The largest absolute Gasteiger partial charge is 0.495 e. The number of carbonyl (C=O) groups is 1. The predicted molar refractivity (Wildman–Crippen MR) is 143 cm³/mol. The van der Waals surface area contributed by atoms with Gasteiger partial charge in [-0.2, -0.15) is 5.10 Å². The van der Waals surface area contributed by atoms with Gasteiger partial charge in [0.2, 0.25) is 0 Å². The van der Waals surface area contributed by atoms with E-state index in [-0.39, 0.29) is 10.6 Å². The molecule has 4 aromatic carbocycles. The van der Waals surface area contributed by atoms with E-state index >= 15 is 0 Å². The van der Waals surface area contributed by atoms with Gasteiger partial charge < -0.3 is 4.74 Å². The van der Waals surface area contributed by atoms with E-state index in [4.69, 9.17) is 4.74 Å². The number of benzene rings is 4. The number of nitrogens with one attached hydrogen (secondary N) is 1. The molecule has 7 nitrogen and oxygen atoms in total. The molecule has 0 fully saturated rings. The van der Waals surface area contributed by atoms with E-state index in [9.17, 15) is 13.2 Å². The molecule has 0 atom stereocenters. The zero-order valence-corrected chi connectivity index (χ0v) is 21.1. The summed E-state index contributed by atoms with van der Waals surface area (Å²) in [6.45, 7) is 3.23. The molecular formula is C28H27N3O4S. The Balaban J connectivity index is 1.64. The first-order chi connectivity index (χ1) is 17.3. The van der Waals surface area contributed by atoms with Gasteiger partial charge in [0.15, 0.2) is 0 Å². The normalized spacial score (nSPS) is 11.5. The van der Waals surface area contributed by atoms with Crippen molar-refractivity contribution in [2.24, 2.45) is 5.10 Å². The third-order valence-electron chi connectivity index (χ3n) is 5.72. The van der Waals surface area contributed by atoms with Crippen molar-refractivity contribution >= 4 is 38.6 Å². The van der Waals surface area contributed by atoms with Crippen LogP contribution in [-0.4, -0.2) is 34.2 Å². The quantitative estimate of drug-likeness (QED) is 0.277. The van der Waals surface area contributed by atoms with Gasteiger partial charge in [-0.15, -0.1) is 0 Å². The number of sulfonamides is 1. The van der Waals surface area contributed by atoms with Crippen LogP contribution in [0.4, 0.5) is 5.69 Å². The molecule has 0 saturated carbocycles. The Hall–Kier alpha value is -4.17. The van der Waals surface area contributed by atoms with Crippen molar-refractivity contribution in [1.82, 2.24) is 5.43 Å². The van der Waals surface area contributed by atoms with E-state index in [0.29, 0.717) is 5.75 Å². The van der Waals surface area contributed by atoms with Crippen LogP contribution >= 0.6 is 0 Å². The summed E-state index contributed by atoms with van der Waals surface area (Å²) in [5.74, 6) is -0.255. The molecule has 0 unspecified atom stereocenters. The van der Waals surface area contributed by atoms with Crippen molar-refractivity contribution < 1.29 is 17.9 Å². The molecule has 1 amide bonds. The number of hydrazone groups is 1. The maximum atomic E-state index is 13.7. The monoisotopic (exact) mass is 501 g/mol. The van der Waals surface area contributed by atoms with Crippen LogP contribution in [0.15, 0.2) is 94.9 Å². The second-order valence-corrected chi connectivity index (χ2v) is 10.2. The Morgan fingerprint density at radius 3 is 2.39 bits per heavy atom. The molecule has 0 bridgehead atoms. The van der Waals surface area contributed by atoms with Crippen LogP contribution < -0.4 is 14.5 Å². The highest BCUT2D eigenvalue weighted by Crippen LogP contribution is 2.33. The van der Waals surface area contributed by atoms with E-state index < -0.39 is 22.5 Å². The van der Waals surface area contributed by atoms with Gasteiger partial charge in [0.05, 0.1) is 23.9 Å². The molecule has 0 saturated heterocycles. The fourth-order valence-electron chi connectivity index (χ4n) is 3.83. The van der Waals surface area contributed by atoms with E-state index in [1.165, 1.54) is 19.2 Å². The lowest BCUT2D eigenvalue weighted by Crippen LogP contribution is -2.39. The third kappa shape index (κ3) is 5.39. The van der Waals surface area contributed by atoms with Crippen LogP contribution in [0.3, 0.4) is 0 Å². The summed E-state index contributed by atoms with van der Waals surface area (Å²) in [7, 11) is -2.62. The highest BCUT2D eigenvalue weighted by molar-refractivity contribution is 7.92. The number of anilines is 1. The van der Waals surface area contributed by atoms with Crippen LogP contribution in [-0.2, 0) is 14.8 Å². The van der Waals surface area contributed by atoms with E-state index in [1.54, 1.807) is 30.5 Å². The maximum Gasteiger partial charge on any atom is 0.264 e. The fraction of sp³-hybridized carbons (Fsp3) is 0.143. The molecule has 8 heteroatoms. The van der Waals surface area contributed by atoms with Crippen molar-refractivity contribution in [1.29, 1.82) is 0 Å². The second kappa shape index (κ2) is 10.6. The Morgan fingerprint density at radius 1 is 0.944 bits per heavy atom. The van der Waals surface area contributed by atoms with Crippen LogP contribution in [0.1, 0.15) is 16.7 Å². The smallest absolute Gasteiger partial charge is 0.264 e. The minimum atomic E-state index is -4.08. The van der Waals surface area contributed by atoms with Gasteiger partial charge in [-0.1, -0.05) is 66.2 Å². The second-order valence-electron chi connectivity index (χ2n) is 8.36. The average molecular weight is 502 g/mol. The molecule has 1 N–H and O–H groups in total. The summed E-state index contributed by atoms with van der Waals surface area (Å²) in [5.41, 5.74) is 5.31. The number of fused-ring (bicyclic) bond motifs is 1. The summed E-state index contributed by atoms with van der Waals surface area (Å²) in [4.78, 5) is 13.0. The number of methoxy groups -OCH3 is 1. The van der Waals surface area contributed by atoms with E-state index in [2.05, 4.69) is 10.5 Å². The topological polar surface area (TPSA) is 88.1 Å². The zero-order chi connectivity index (χ0) is 25.7. The molecule has 0 heterocycles. The summed E-state index contributed by atoms with van der Waals surface area (Å²) in [5, 5.41) is 6.13. The fourth-order valence-corrected chi connectivity index (χ4v) is 5.26. The summed E-state index contributed by atoms with van der Waals surface area (Å²) in [6.07, 6.45) is 1.55. The lowest BCUT2D eigenvalue weighted by atomic mass is 10.1. The number of amides is 1. The lowest BCUT2D eigenvalue weighted by molar-refractivity contribution is -0.119. The van der Waals surface area contributed by atoms with Gasteiger partial charge in [0, 0.05) is 5.56 Å². The van der Waals surface area contributed by atoms with Gasteiger partial charge in [-0.05, 0) is 54.4 Å². The van der Waals surface area contributed by atoms with Crippen molar-refractivity contribution in [2.45, 2.75) is 18.7 Å². The molecule has 0 aromatic heterocycles. The number of rotatable bonds is 8. The van der Waals surface area contributed by atoms with Crippen LogP contribution in [0.25, 0.3) is 10.8 Å². The molecule has 184 valence electrons. The van der Waals surface area contributed by atoms with Gasteiger partial charge >= 0.3 is 0 Å². The predicted octanol–water partition coefficient (Wildman–Crippen LogP) is 4.81. The molecule has 4 rings (SSSR count). The minimum absolute atomic E-state index is 0.0729. The minimum Gasteiger partial charge on any atom is -0.495 e. The van der Waals surface area contributed by atoms with Crippen LogP contribution in [0, 0.1) is 13.8 Å². The molecular weight excluding hydrogens is 474 g/mol. The summed E-state index contributed by atoms with van der Waals surface area (Å²) < 4.78 is 33.8. The Labute approximate surface area is 211 Å². The lowest BCUT2D eigenvalue weighted by Gasteiger charge is -2.25. The SMILES string of the molecule is COc1ccc(C)cc1N(CC(=O)N/N=C\c1cccc2ccccc12)S(=O)(=O)c1ccc(C)cc1. The first kappa shape index (κ1) is 24.9. The molecule has 0 aliphatic carbocycles. The van der Waals surface area contributed by atoms with Crippen LogP contribution in [0.5, 0.6) is 5.75 Å². The molecule has 0 radical (unpaired) electrons. The Kier molecular flexibility index (Phi) is 7.36. The van der Waals surface area contributed by atoms with Crippen LogP contribution in [0.2, 0.25) is 0 Å². The Bertz CT molecular complexity index is 1530. The molecule has 4 aromatic rings. The Morgan fingerprint density at radius 2 is 1.64 bits per heavy atom. The molecule has 36 heavy (non-hydrogen) atoms. The van der Waals surface area contributed by atoms with E-state index in [1.807, 2.05) is 62.4 Å². The van der Waals surface area contributed by atoms with Crippen molar-refractivity contribution in [3.05, 3.63) is 102 Å². The molecule has 0 aliphatic rings. The maximum absolute atomic E-state index is 13.7. The molecule has 0 spiro atoms. The number of hydrogen-bond acceptors (Lipinski definition) is 5. The standard InChI is InChI=1S/C28H27N3O4S/c1-20-11-14-24(15-12-20)36(33,34)31(26-17-21(2)13-16-27(26)35-3)19-28(32)30-29-18-23-9-6-8-22-7-4-5-10-25(22)23/h4-18H,19H2,1-3H3,(H,30,32)/b29-18-. The molecule has 0 aliphatic heterocycles. The van der Waals surface area contributed by atoms with Crippen molar-refractivity contribution in [2.75, 3.05) is 18.0 Å². The highest BCUT2D eigenvalue weighted by Gasteiger charge is 2.29. The first-order valence-corrected chi connectivity index (χ1v) is 12.8. The van der Waals surface area contributed by atoms with Gasteiger partial charge in [-0.25, -0.2) is 13.8 Å². The van der Waals surface area contributed by atoms with Gasteiger partial charge in [0.1, 0.15) is 12.3 Å². The first-order valence-electron chi connectivity index (χ1n) is 11.3. The van der Waals surface area contributed by atoms with Gasteiger partial charge in [-0.3, -0.25) is 9.10 Å².